The van der Waals surface area contributed by atoms with Crippen LogP contribution in [0.1, 0.15) is 17.5 Å². The Morgan fingerprint density at radius 1 is 1.10 bits per heavy atom. The zero-order valence-corrected chi connectivity index (χ0v) is 16.8. The number of carbonyl (C=O) groups is 2. The summed E-state index contributed by atoms with van der Waals surface area (Å²) in [6.07, 6.45) is 0.117. The molecule has 0 saturated carbocycles. The van der Waals surface area contributed by atoms with E-state index in [9.17, 15) is 9.59 Å². The van der Waals surface area contributed by atoms with Crippen LogP contribution in [0.2, 0.25) is 0 Å². The Bertz CT molecular complexity index is 841. The van der Waals surface area contributed by atoms with E-state index in [2.05, 4.69) is 10.6 Å². The maximum Gasteiger partial charge on any atom is 0.237 e. The molecule has 0 radical (unpaired) electrons. The predicted octanol–water partition coefficient (Wildman–Crippen LogP) is 1.71. The molecule has 0 bridgehead atoms. The van der Waals surface area contributed by atoms with Gasteiger partial charge >= 0.3 is 0 Å². The minimum absolute atomic E-state index is 0.117. The van der Waals surface area contributed by atoms with Crippen LogP contribution in [-0.4, -0.2) is 50.1 Å². The molecular weight excluding hydrogens is 370 g/mol. The molecule has 3 rings (SSSR count). The van der Waals surface area contributed by atoms with Crippen LogP contribution in [-0.2, 0) is 22.7 Å². The first-order valence-corrected chi connectivity index (χ1v) is 9.64. The second-order valence-corrected chi connectivity index (χ2v) is 6.93. The van der Waals surface area contributed by atoms with Crippen LogP contribution < -0.4 is 20.1 Å². The molecule has 2 amide bonds. The highest BCUT2D eigenvalue weighted by Gasteiger charge is 2.31. The molecule has 2 aromatic carbocycles. The molecule has 7 nitrogen and oxygen atoms in total. The van der Waals surface area contributed by atoms with Crippen molar-refractivity contribution in [3.8, 4) is 11.5 Å². The second-order valence-electron chi connectivity index (χ2n) is 6.93. The summed E-state index contributed by atoms with van der Waals surface area (Å²) < 4.78 is 10.6. The highest BCUT2D eigenvalue weighted by Crippen LogP contribution is 2.28. The number of nitrogens with one attached hydrogen (secondary N) is 2. The van der Waals surface area contributed by atoms with Crippen LogP contribution in [0.3, 0.4) is 0 Å². The van der Waals surface area contributed by atoms with Crippen LogP contribution in [0.15, 0.2) is 48.5 Å². The van der Waals surface area contributed by atoms with E-state index in [1.54, 1.807) is 14.2 Å². The van der Waals surface area contributed by atoms with Gasteiger partial charge in [0.25, 0.3) is 0 Å². The Labute approximate surface area is 171 Å². The second kappa shape index (κ2) is 9.93. The summed E-state index contributed by atoms with van der Waals surface area (Å²) in [6, 6.07) is 14.9. The maximum absolute atomic E-state index is 12.5. The molecule has 1 fully saturated rings. The quantitative estimate of drug-likeness (QED) is 0.709. The first kappa shape index (κ1) is 20.7. The topological polar surface area (TPSA) is 79.9 Å². The van der Waals surface area contributed by atoms with Gasteiger partial charge in [-0.15, -0.1) is 0 Å². The molecule has 0 aromatic heterocycles. The van der Waals surface area contributed by atoms with Crippen molar-refractivity contribution in [3.05, 3.63) is 59.7 Å². The summed E-state index contributed by atoms with van der Waals surface area (Å²) in [4.78, 5) is 26.9. The predicted molar refractivity (Wildman–Crippen MR) is 110 cm³/mol. The maximum atomic E-state index is 12.5. The Balaban J connectivity index is 1.64. The van der Waals surface area contributed by atoms with Gasteiger partial charge in [-0.05, 0) is 23.3 Å². The number of methoxy groups -OCH3 is 2. The van der Waals surface area contributed by atoms with Gasteiger partial charge in [0.15, 0.2) is 11.5 Å². The van der Waals surface area contributed by atoms with Gasteiger partial charge in [-0.2, -0.15) is 0 Å². The highest BCUT2D eigenvalue weighted by molar-refractivity contribution is 5.88. The third kappa shape index (κ3) is 5.48. The van der Waals surface area contributed by atoms with Crippen molar-refractivity contribution in [3.63, 3.8) is 0 Å². The average Bonchev–Trinajstić information content (AvgIpc) is 2.75. The van der Waals surface area contributed by atoms with Gasteiger partial charge < -0.3 is 20.1 Å². The fourth-order valence-electron chi connectivity index (χ4n) is 3.43. The average molecular weight is 397 g/mol. The highest BCUT2D eigenvalue weighted by atomic mass is 16.5. The summed E-state index contributed by atoms with van der Waals surface area (Å²) in [6.45, 7) is 2.24. The lowest BCUT2D eigenvalue weighted by atomic mass is 10.1. The van der Waals surface area contributed by atoms with Gasteiger partial charge in [-0.3, -0.25) is 14.5 Å². The molecule has 154 valence electrons. The van der Waals surface area contributed by atoms with Gasteiger partial charge in [-0.1, -0.05) is 36.4 Å². The monoisotopic (exact) mass is 397 g/mol. The smallest absolute Gasteiger partial charge is 0.237 e. The fourth-order valence-corrected chi connectivity index (χ4v) is 3.43. The third-order valence-corrected chi connectivity index (χ3v) is 4.99. The van der Waals surface area contributed by atoms with E-state index in [1.807, 2.05) is 53.4 Å². The normalized spacial score (nSPS) is 16.8. The van der Waals surface area contributed by atoms with Crippen molar-refractivity contribution in [2.24, 2.45) is 0 Å². The number of hydrogen-bond donors (Lipinski definition) is 2. The molecule has 2 aromatic rings. The molecular formula is C22H27N3O4. The van der Waals surface area contributed by atoms with E-state index in [0.717, 1.165) is 11.1 Å². The molecule has 1 heterocycles. The van der Waals surface area contributed by atoms with E-state index >= 15 is 0 Å². The first-order valence-electron chi connectivity index (χ1n) is 9.64. The van der Waals surface area contributed by atoms with Crippen LogP contribution in [0.5, 0.6) is 11.5 Å². The molecule has 1 unspecified atom stereocenters. The van der Waals surface area contributed by atoms with E-state index in [0.29, 0.717) is 37.7 Å². The van der Waals surface area contributed by atoms with Gasteiger partial charge in [-0.25, -0.2) is 0 Å². The molecule has 1 aliphatic heterocycles. The number of benzene rings is 2. The summed E-state index contributed by atoms with van der Waals surface area (Å²) in [5.74, 6) is 1.04. The lowest BCUT2D eigenvalue weighted by Gasteiger charge is -2.34. The molecule has 7 heteroatoms. The van der Waals surface area contributed by atoms with E-state index in [-0.39, 0.29) is 18.2 Å². The number of hydrogen-bond acceptors (Lipinski definition) is 5. The van der Waals surface area contributed by atoms with Gasteiger partial charge in [0.1, 0.15) is 0 Å². The Hall–Kier alpha value is -3.06. The van der Waals surface area contributed by atoms with E-state index < -0.39 is 6.04 Å². The van der Waals surface area contributed by atoms with Crippen molar-refractivity contribution in [2.45, 2.75) is 25.6 Å². The minimum atomic E-state index is -0.507. The summed E-state index contributed by atoms with van der Waals surface area (Å²) >= 11 is 0. The zero-order valence-electron chi connectivity index (χ0n) is 16.8. The minimum Gasteiger partial charge on any atom is -0.493 e. The fraction of sp³-hybridized carbons (Fsp3) is 0.364. The number of ether oxygens (including phenoxy) is 2. The van der Waals surface area contributed by atoms with Crippen LogP contribution >= 0.6 is 0 Å². The lowest BCUT2D eigenvalue weighted by molar-refractivity contribution is -0.134. The number of rotatable bonds is 8. The zero-order chi connectivity index (χ0) is 20.6. The molecule has 2 N–H and O–H groups in total. The van der Waals surface area contributed by atoms with Crippen LogP contribution in [0, 0.1) is 0 Å². The summed E-state index contributed by atoms with van der Waals surface area (Å²) in [5, 5.41) is 5.76. The molecule has 1 saturated heterocycles. The molecule has 1 atom stereocenters. The third-order valence-electron chi connectivity index (χ3n) is 4.99. The van der Waals surface area contributed by atoms with Crippen LogP contribution in [0.25, 0.3) is 0 Å². The largest absolute Gasteiger partial charge is 0.493 e. The van der Waals surface area contributed by atoms with E-state index in [4.69, 9.17) is 9.47 Å². The number of amides is 2. The number of carbonyl (C=O) groups excluding carboxylic acids is 2. The first-order chi connectivity index (χ1) is 14.1. The van der Waals surface area contributed by atoms with Gasteiger partial charge in [0.05, 0.1) is 26.7 Å². The number of nitrogens with zero attached hydrogens (tertiary/aromatic N) is 1. The molecule has 0 spiro atoms. The molecule has 0 aliphatic carbocycles. The van der Waals surface area contributed by atoms with Gasteiger partial charge in [0, 0.05) is 26.2 Å². The molecule has 29 heavy (non-hydrogen) atoms. The lowest BCUT2D eigenvalue weighted by Crippen LogP contribution is -2.56. The van der Waals surface area contributed by atoms with Crippen molar-refractivity contribution >= 4 is 11.8 Å². The van der Waals surface area contributed by atoms with Crippen molar-refractivity contribution < 1.29 is 19.1 Å². The summed E-state index contributed by atoms with van der Waals surface area (Å²) in [7, 11) is 3.19. The molecule has 1 aliphatic rings. The van der Waals surface area contributed by atoms with Crippen LogP contribution in [0.4, 0.5) is 0 Å². The van der Waals surface area contributed by atoms with Crippen molar-refractivity contribution in [1.29, 1.82) is 0 Å². The number of piperazine rings is 1. The SMILES string of the molecule is COc1ccc(CN2CCNC(=O)C2CC(=O)NCc2ccccc2)cc1OC. The standard InChI is InChI=1S/C22H27N3O4/c1-28-19-9-8-17(12-20(19)29-2)15-25-11-10-23-22(27)18(25)13-21(26)24-14-16-6-4-3-5-7-16/h3-9,12,18H,10-11,13-15H2,1-2H3,(H,23,27)(H,24,26). The summed E-state index contributed by atoms with van der Waals surface area (Å²) in [5.41, 5.74) is 2.02. The van der Waals surface area contributed by atoms with E-state index in [1.165, 1.54) is 0 Å². The van der Waals surface area contributed by atoms with Crippen molar-refractivity contribution in [1.82, 2.24) is 15.5 Å². The van der Waals surface area contributed by atoms with Gasteiger partial charge in [0.2, 0.25) is 11.8 Å². The van der Waals surface area contributed by atoms with Crippen molar-refractivity contribution in [2.75, 3.05) is 27.3 Å². The Kier molecular flexibility index (Phi) is 7.08. The Morgan fingerprint density at radius 3 is 2.59 bits per heavy atom. The Morgan fingerprint density at radius 2 is 1.86 bits per heavy atom.